The van der Waals surface area contributed by atoms with Crippen molar-refractivity contribution in [3.63, 3.8) is 0 Å². The van der Waals surface area contributed by atoms with Crippen LogP contribution < -0.4 is 5.73 Å². The molecule has 1 saturated carbocycles. The molecule has 6 atom stereocenters. The topological polar surface area (TPSA) is 26.0 Å². The van der Waals surface area contributed by atoms with Crippen LogP contribution in [0.5, 0.6) is 0 Å². The molecule has 1 nitrogen and oxygen atoms in total. The summed E-state index contributed by atoms with van der Waals surface area (Å²) in [6, 6.07) is 15.8. The van der Waals surface area contributed by atoms with Gasteiger partial charge < -0.3 is 5.73 Å². The van der Waals surface area contributed by atoms with Crippen LogP contribution in [-0.2, 0) is 0 Å². The first-order chi connectivity index (χ1) is 15.3. The van der Waals surface area contributed by atoms with Crippen LogP contribution in [0.15, 0.2) is 78.9 Å². The first kappa shape index (κ1) is 20.8. The Balaban J connectivity index is 1.31. The Morgan fingerprint density at radius 3 is 2.42 bits per heavy atom. The molecular weight excluding hydrogens is 374 g/mol. The predicted molar refractivity (Wildman–Crippen MR) is 133 cm³/mol. The van der Waals surface area contributed by atoms with Gasteiger partial charge in [-0.25, -0.2) is 0 Å². The van der Waals surface area contributed by atoms with Crippen molar-refractivity contribution in [2.45, 2.75) is 50.9 Å². The molecule has 3 aliphatic carbocycles. The summed E-state index contributed by atoms with van der Waals surface area (Å²) < 4.78 is 0. The second-order valence-corrected chi connectivity index (χ2v) is 10.0. The Morgan fingerprint density at radius 2 is 1.61 bits per heavy atom. The minimum atomic E-state index is 0.574. The van der Waals surface area contributed by atoms with Crippen molar-refractivity contribution in [3.05, 3.63) is 84.5 Å². The van der Waals surface area contributed by atoms with Gasteiger partial charge in [0.15, 0.2) is 0 Å². The van der Waals surface area contributed by atoms with Gasteiger partial charge in [0.2, 0.25) is 0 Å². The molecule has 2 aromatic rings. The summed E-state index contributed by atoms with van der Waals surface area (Å²) in [6.07, 6.45) is 24.2. The molecule has 0 aromatic heterocycles. The van der Waals surface area contributed by atoms with Crippen molar-refractivity contribution in [2.24, 2.45) is 35.3 Å². The zero-order valence-electron chi connectivity index (χ0n) is 18.7. The molecule has 31 heavy (non-hydrogen) atoms. The van der Waals surface area contributed by atoms with Crippen LogP contribution in [0.2, 0.25) is 0 Å². The lowest BCUT2D eigenvalue weighted by Gasteiger charge is -2.45. The Kier molecular flexibility index (Phi) is 6.41. The zero-order valence-corrected chi connectivity index (χ0v) is 18.7. The summed E-state index contributed by atoms with van der Waals surface area (Å²) in [6.45, 7) is 0.665. The smallest absolute Gasteiger partial charge is 0.0106 e. The third-order valence-corrected chi connectivity index (χ3v) is 8.31. The lowest BCUT2D eigenvalue weighted by atomic mass is 9.59. The van der Waals surface area contributed by atoms with Gasteiger partial charge in [-0.3, -0.25) is 0 Å². The maximum Gasteiger partial charge on any atom is 0.0106 e. The Morgan fingerprint density at radius 1 is 0.774 bits per heavy atom. The fraction of sp³-hybridized carbons (Fsp3) is 0.467. The average Bonchev–Trinajstić information content (AvgIpc) is 2.84. The fourth-order valence-corrected chi connectivity index (χ4v) is 6.70. The van der Waals surface area contributed by atoms with Crippen molar-refractivity contribution in [3.8, 4) is 0 Å². The van der Waals surface area contributed by atoms with E-state index in [2.05, 4.69) is 78.9 Å². The average molecular weight is 412 g/mol. The van der Waals surface area contributed by atoms with E-state index in [1.54, 1.807) is 0 Å². The molecule has 5 rings (SSSR count). The Hall–Kier alpha value is -2.12. The molecule has 0 bridgehead atoms. The SMILES string of the molecule is NC/C=C\CC1C=CC(C2C=CC(c3ccc4ccccc4c3)CC2)C2CCCCC12. The highest BCUT2D eigenvalue weighted by Crippen LogP contribution is 2.49. The van der Waals surface area contributed by atoms with E-state index < -0.39 is 0 Å². The van der Waals surface area contributed by atoms with Crippen LogP contribution in [0.1, 0.15) is 56.4 Å². The van der Waals surface area contributed by atoms with Gasteiger partial charge in [-0.2, -0.15) is 0 Å². The zero-order chi connectivity index (χ0) is 21.0. The molecular formula is C30H37N. The summed E-state index contributed by atoms with van der Waals surface area (Å²) in [7, 11) is 0. The standard InChI is InChI=1S/C30H37N/c31-20-6-5-8-24-18-19-29(30-11-4-3-10-28(24)30)25-15-12-23(13-16-25)27-17-14-22-7-1-2-9-26(22)21-27/h1-2,5-7,9,12,14-15,17-19,21,23-25,28-30H,3-4,8,10-11,13,16,20,31H2/b6-5-. The largest absolute Gasteiger partial charge is 0.327 e. The summed E-state index contributed by atoms with van der Waals surface area (Å²) in [5.74, 6) is 4.51. The van der Waals surface area contributed by atoms with Crippen LogP contribution in [0.25, 0.3) is 10.8 Å². The molecule has 0 spiro atoms. The number of benzene rings is 2. The molecule has 3 aliphatic rings. The van der Waals surface area contributed by atoms with Crippen molar-refractivity contribution >= 4 is 10.8 Å². The highest BCUT2D eigenvalue weighted by atomic mass is 14.5. The summed E-state index contributed by atoms with van der Waals surface area (Å²) in [5, 5.41) is 2.71. The summed E-state index contributed by atoms with van der Waals surface area (Å²) in [4.78, 5) is 0. The highest BCUT2D eigenvalue weighted by molar-refractivity contribution is 5.83. The van der Waals surface area contributed by atoms with E-state index in [1.165, 1.54) is 61.3 Å². The minimum Gasteiger partial charge on any atom is -0.327 e. The normalized spacial score (nSPS) is 33.1. The van der Waals surface area contributed by atoms with Crippen molar-refractivity contribution in [1.29, 1.82) is 0 Å². The van der Waals surface area contributed by atoms with Gasteiger partial charge in [0.1, 0.15) is 0 Å². The number of hydrogen-bond donors (Lipinski definition) is 1. The van der Waals surface area contributed by atoms with Crippen LogP contribution >= 0.6 is 0 Å². The highest BCUT2D eigenvalue weighted by Gasteiger charge is 2.40. The second-order valence-electron chi connectivity index (χ2n) is 10.0. The van der Waals surface area contributed by atoms with E-state index in [4.69, 9.17) is 5.73 Å². The van der Waals surface area contributed by atoms with Crippen LogP contribution in [0.4, 0.5) is 0 Å². The second kappa shape index (κ2) is 9.57. The molecule has 0 saturated heterocycles. The van der Waals surface area contributed by atoms with Gasteiger partial charge in [0.05, 0.1) is 0 Å². The van der Waals surface area contributed by atoms with Crippen LogP contribution in [0.3, 0.4) is 0 Å². The van der Waals surface area contributed by atoms with Gasteiger partial charge in [-0.1, -0.05) is 91.8 Å². The molecule has 0 aliphatic heterocycles. The van der Waals surface area contributed by atoms with Gasteiger partial charge in [0.25, 0.3) is 0 Å². The predicted octanol–water partition coefficient (Wildman–Crippen LogP) is 7.40. The van der Waals surface area contributed by atoms with Crippen molar-refractivity contribution < 1.29 is 0 Å². The lowest BCUT2D eigenvalue weighted by Crippen LogP contribution is -2.37. The third kappa shape index (κ3) is 4.44. The molecule has 2 N–H and O–H groups in total. The molecule has 0 heterocycles. The van der Waals surface area contributed by atoms with Crippen LogP contribution in [0, 0.1) is 29.6 Å². The number of rotatable bonds is 5. The molecule has 0 amide bonds. The molecule has 0 radical (unpaired) electrons. The number of nitrogens with two attached hydrogens (primary N) is 1. The molecule has 6 unspecified atom stereocenters. The van der Waals surface area contributed by atoms with Crippen molar-refractivity contribution in [2.75, 3.05) is 6.54 Å². The Bertz CT molecular complexity index is 967. The number of allylic oxidation sites excluding steroid dienone is 5. The minimum absolute atomic E-state index is 0.574. The van der Waals surface area contributed by atoms with E-state index in [1.807, 2.05) is 0 Å². The summed E-state index contributed by atoms with van der Waals surface area (Å²) in [5.41, 5.74) is 7.14. The van der Waals surface area contributed by atoms with Crippen LogP contribution in [-0.4, -0.2) is 6.54 Å². The molecule has 1 heteroatoms. The third-order valence-electron chi connectivity index (χ3n) is 8.31. The van der Waals surface area contributed by atoms with E-state index in [0.29, 0.717) is 12.5 Å². The van der Waals surface area contributed by atoms with Gasteiger partial charge >= 0.3 is 0 Å². The lowest BCUT2D eigenvalue weighted by molar-refractivity contribution is 0.107. The first-order valence-corrected chi connectivity index (χ1v) is 12.5. The van der Waals surface area contributed by atoms with Gasteiger partial charge in [-0.15, -0.1) is 0 Å². The number of hydrogen-bond acceptors (Lipinski definition) is 1. The van der Waals surface area contributed by atoms with E-state index in [9.17, 15) is 0 Å². The van der Waals surface area contributed by atoms with Gasteiger partial charge in [-0.05, 0) is 78.0 Å². The molecule has 162 valence electrons. The Labute approximate surface area is 188 Å². The maximum atomic E-state index is 5.66. The van der Waals surface area contributed by atoms with Gasteiger partial charge in [0, 0.05) is 12.5 Å². The quantitative estimate of drug-likeness (QED) is 0.510. The monoisotopic (exact) mass is 411 g/mol. The van der Waals surface area contributed by atoms with Crippen molar-refractivity contribution in [1.82, 2.24) is 0 Å². The van der Waals surface area contributed by atoms with E-state index in [0.717, 1.165) is 29.6 Å². The molecule has 2 aromatic carbocycles. The van der Waals surface area contributed by atoms with E-state index >= 15 is 0 Å². The molecule has 1 fully saturated rings. The maximum absolute atomic E-state index is 5.66. The van der Waals surface area contributed by atoms with E-state index in [-0.39, 0.29) is 0 Å². The fourth-order valence-electron chi connectivity index (χ4n) is 6.70. The summed E-state index contributed by atoms with van der Waals surface area (Å²) >= 11 is 0. The number of fused-ring (bicyclic) bond motifs is 2. The first-order valence-electron chi connectivity index (χ1n) is 12.5.